The molecule has 0 unspecified atom stereocenters. The summed E-state index contributed by atoms with van der Waals surface area (Å²) in [5, 5.41) is 4.23. The van der Waals surface area contributed by atoms with Crippen LogP contribution in [0.15, 0.2) is 40.6 Å². The number of amides is 1. The monoisotopic (exact) mass is 313 g/mol. The Labute approximate surface area is 120 Å². The van der Waals surface area contributed by atoms with E-state index in [0.29, 0.717) is 11.3 Å². The molecular formula is C13H12FNO3S2. The van der Waals surface area contributed by atoms with E-state index in [0.717, 1.165) is 11.6 Å². The molecule has 0 aliphatic carbocycles. The molecule has 0 aliphatic heterocycles. The minimum atomic E-state index is -4.87. The predicted molar refractivity (Wildman–Crippen MR) is 76.4 cm³/mol. The summed E-state index contributed by atoms with van der Waals surface area (Å²) < 4.78 is 35.2. The molecule has 0 aliphatic rings. The molecule has 0 fully saturated rings. The number of carbonyl (C=O) groups is 1. The normalized spacial score (nSPS) is 11.3. The number of para-hydroxylation sites is 1. The Hall–Kier alpha value is -1.73. The molecule has 1 aromatic carbocycles. The molecule has 0 bridgehead atoms. The van der Waals surface area contributed by atoms with Gasteiger partial charge in [-0.05, 0) is 35.6 Å². The lowest BCUT2D eigenvalue weighted by atomic mass is 10.2. The molecule has 1 amide bonds. The summed E-state index contributed by atoms with van der Waals surface area (Å²) in [5.41, 5.74) is 0.809. The van der Waals surface area contributed by atoms with Gasteiger partial charge in [0.15, 0.2) is 0 Å². The Balaban J connectivity index is 2.34. The standard InChI is InChI=1S/C13H12FNO3S2/c1-2-9-7-8-19-12(9)13(16)15-10-5-3-4-6-11(10)20(14,17)18/h3-8H,2H2,1H3,(H,15,16). The van der Waals surface area contributed by atoms with E-state index in [2.05, 4.69) is 5.32 Å². The van der Waals surface area contributed by atoms with Gasteiger partial charge in [-0.2, -0.15) is 8.42 Å². The van der Waals surface area contributed by atoms with Crippen molar-refractivity contribution in [1.29, 1.82) is 0 Å². The Kier molecular flexibility index (Phi) is 4.20. The van der Waals surface area contributed by atoms with Crippen LogP contribution in [-0.2, 0) is 16.6 Å². The van der Waals surface area contributed by atoms with Gasteiger partial charge in [-0.3, -0.25) is 4.79 Å². The molecule has 106 valence electrons. The molecule has 1 aromatic heterocycles. The zero-order valence-electron chi connectivity index (χ0n) is 10.6. The summed E-state index contributed by atoms with van der Waals surface area (Å²) in [6.45, 7) is 1.92. The lowest BCUT2D eigenvalue weighted by molar-refractivity contribution is 0.102. The molecule has 2 rings (SSSR count). The number of rotatable bonds is 4. The summed E-state index contributed by atoms with van der Waals surface area (Å²) in [6.07, 6.45) is 0.690. The average molecular weight is 313 g/mol. The van der Waals surface area contributed by atoms with Crippen molar-refractivity contribution in [2.45, 2.75) is 18.2 Å². The van der Waals surface area contributed by atoms with E-state index >= 15 is 0 Å². The first kappa shape index (κ1) is 14.7. The number of anilines is 1. The van der Waals surface area contributed by atoms with Gasteiger partial charge >= 0.3 is 10.2 Å². The molecule has 1 N–H and O–H groups in total. The number of carbonyl (C=O) groups excluding carboxylic acids is 1. The SMILES string of the molecule is CCc1ccsc1C(=O)Nc1ccccc1S(=O)(=O)F. The van der Waals surface area contributed by atoms with Gasteiger partial charge in [-0.15, -0.1) is 15.2 Å². The molecule has 0 spiro atoms. The predicted octanol–water partition coefficient (Wildman–Crippen LogP) is 3.22. The van der Waals surface area contributed by atoms with Gasteiger partial charge < -0.3 is 5.32 Å². The van der Waals surface area contributed by atoms with E-state index in [1.807, 2.05) is 13.0 Å². The van der Waals surface area contributed by atoms with Crippen molar-refractivity contribution in [3.05, 3.63) is 46.2 Å². The van der Waals surface area contributed by atoms with Gasteiger partial charge in [-0.1, -0.05) is 19.1 Å². The van der Waals surface area contributed by atoms with Crippen molar-refractivity contribution in [2.24, 2.45) is 0 Å². The van der Waals surface area contributed by atoms with Gasteiger partial charge in [0.2, 0.25) is 0 Å². The quantitative estimate of drug-likeness (QED) is 0.882. The minimum absolute atomic E-state index is 0.0598. The highest BCUT2D eigenvalue weighted by atomic mass is 32.3. The number of benzene rings is 1. The maximum Gasteiger partial charge on any atom is 0.334 e. The van der Waals surface area contributed by atoms with Gasteiger partial charge in [0, 0.05) is 0 Å². The van der Waals surface area contributed by atoms with Crippen molar-refractivity contribution in [3.8, 4) is 0 Å². The number of thiophene rings is 1. The van der Waals surface area contributed by atoms with Crippen molar-refractivity contribution < 1.29 is 17.1 Å². The summed E-state index contributed by atoms with van der Waals surface area (Å²) in [6, 6.07) is 7.21. The second-order valence-electron chi connectivity index (χ2n) is 4.02. The topological polar surface area (TPSA) is 63.2 Å². The molecule has 0 saturated heterocycles. The fraction of sp³-hybridized carbons (Fsp3) is 0.154. The first-order valence-electron chi connectivity index (χ1n) is 5.85. The fourth-order valence-electron chi connectivity index (χ4n) is 1.77. The zero-order chi connectivity index (χ0) is 14.8. The molecule has 0 radical (unpaired) electrons. The zero-order valence-corrected chi connectivity index (χ0v) is 12.2. The third-order valence-corrected chi connectivity index (χ3v) is 4.57. The van der Waals surface area contributed by atoms with E-state index in [-0.39, 0.29) is 5.69 Å². The summed E-state index contributed by atoms with van der Waals surface area (Å²) >= 11 is 1.26. The van der Waals surface area contributed by atoms with E-state index < -0.39 is 21.0 Å². The fourth-order valence-corrected chi connectivity index (χ4v) is 3.29. The van der Waals surface area contributed by atoms with Crippen LogP contribution in [0.2, 0.25) is 0 Å². The molecule has 1 heterocycles. The summed E-state index contributed by atoms with van der Waals surface area (Å²) in [7, 11) is -4.87. The highest BCUT2D eigenvalue weighted by molar-refractivity contribution is 7.86. The minimum Gasteiger partial charge on any atom is -0.320 e. The Morgan fingerprint density at radius 2 is 2.00 bits per heavy atom. The first-order chi connectivity index (χ1) is 9.43. The molecule has 20 heavy (non-hydrogen) atoms. The van der Waals surface area contributed by atoms with Crippen LogP contribution >= 0.6 is 11.3 Å². The van der Waals surface area contributed by atoms with Crippen molar-refractivity contribution in [1.82, 2.24) is 0 Å². The van der Waals surface area contributed by atoms with Crippen molar-refractivity contribution in [2.75, 3.05) is 5.32 Å². The molecular weight excluding hydrogens is 301 g/mol. The smallest absolute Gasteiger partial charge is 0.320 e. The average Bonchev–Trinajstić information content (AvgIpc) is 2.86. The second kappa shape index (κ2) is 5.72. The molecule has 4 nitrogen and oxygen atoms in total. The van der Waals surface area contributed by atoms with E-state index in [1.165, 1.54) is 29.5 Å². The third-order valence-electron chi connectivity index (χ3n) is 2.73. The third kappa shape index (κ3) is 3.05. The van der Waals surface area contributed by atoms with Crippen LogP contribution in [0, 0.1) is 0 Å². The van der Waals surface area contributed by atoms with Gasteiger partial charge in [-0.25, -0.2) is 0 Å². The second-order valence-corrected chi connectivity index (χ2v) is 6.25. The maximum absolute atomic E-state index is 13.1. The Morgan fingerprint density at radius 1 is 1.30 bits per heavy atom. The molecule has 7 heteroatoms. The lowest BCUT2D eigenvalue weighted by Gasteiger charge is -2.08. The van der Waals surface area contributed by atoms with Crippen molar-refractivity contribution >= 4 is 33.2 Å². The highest BCUT2D eigenvalue weighted by Crippen LogP contribution is 2.25. The number of nitrogens with one attached hydrogen (secondary N) is 1. The summed E-state index contributed by atoms with van der Waals surface area (Å²) in [4.78, 5) is 12.1. The van der Waals surface area contributed by atoms with E-state index in [1.54, 1.807) is 5.38 Å². The first-order valence-corrected chi connectivity index (χ1v) is 8.11. The van der Waals surface area contributed by atoms with Crippen LogP contribution in [0.4, 0.5) is 9.57 Å². The highest BCUT2D eigenvalue weighted by Gasteiger charge is 2.20. The number of hydrogen-bond donors (Lipinski definition) is 1. The molecule has 0 atom stereocenters. The summed E-state index contributed by atoms with van der Waals surface area (Å²) in [5.74, 6) is -0.437. The van der Waals surface area contributed by atoms with Gasteiger partial charge in [0.25, 0.3) is 5.91 Å². The van der Waals surface area contributed by atoms with Crippen LogP contribution in [0.5, 0.6) is 0 Å². The Morgan fingerprint density at radius 3 is 2.65 bits per heavy atom. The molecule has 0 saturated carbocycles. The van der Waals surface area contributed by atoms with Gasteiger partial charge in [0.1, 0.15) is 4.90 Å². The number of halogens is 1. The van der Waals surface area contributed by atoms with Crippen LogP contribution in [0.1, 0.15) is 22.2 Å². The lowest BCUT2D eigenvalue weighted by Crippen LogP contribution is -2.14. The van der Waals surface area contributed by atoms with Crippen LogP contribution < -0.4 is 5.32 Å². The largest absolute Gasteiger partial charge is 0.334 e. The number of aryl methyl sites for hydroxylation is 1. The Bertz CT molecular complexity index is 738. The van der Waals surface area contributed by atoms with Crippen molar-refractivity contribution in [3.63, 3.8) is 0 Å². The van der Waals surface area contributed by atoms with Crippen LogP contribution in [-0.4, -0.2) is 14.3 Å². The van der Waals surface area contributed by atoms with Gasteiger partial charge in [0.05, 0.1) is 10.6 Å². The van der Waals surface area contributed by atoms with Crippen LogP contribution in [0.25, 0.3) is 0 Å². The van der Waals surface area contributed by atoms with Crippen LogP contribution in [0.3, 0.4) is 0 Å². The maximum atomic E-state index is 13.1. The van der Waals surface area contributed by atoms with E-state index in [4.69, 9.17) is 0 Å². The van der Waals surface area contributed by atoms with E-state index in [9.17, 15) is 17.1 Å². The molecule has 2 aromatic rings. The number of hydrogen-bond acceptors (Lipinski definition) is 4.